The molecule has 1 unspecified atom stereocenters. The number of nitrogens with zero attached hydrogens (tertiary/aromatic N) is 1. The zero-order chi connectivity index (χ0) is 21.0. The van der Waals surface area contributed by atoms with Gasteiger partial charge in [-0.05, 0) is 24.5 Å². The Kier molecular flexibility index (Phi) is 6.54. The van der Waals surface area contributed by atoms with Gasteiger partial charge in [0.1, 0.15) is 13.1 Å². The number of aromatic amines is 1. The van der Waals surface area contributed by atoms with Gasteiger partial charge in [0.2, 0.25) is 0 Å². The van der Waals surface area contributed by atoms with E-state index < -0.39 is 0 Å². The third-order valence-corrected chi connectivity index (χ3v) is 5.28. The number of fused-ring (bicyclic) bond motifs is 1. The zero-order valence-electron chi connectivity index (χ0n) is 17.8. The average Bonchev–Trinajstić information content (AvgIpc) is 2.72. The van der Waals surface area contributed by atoms with Crippen LogP contribution < -0.4 is 19.9 Å². The average molecular weight is 397 g/mol. The van der Waals surface area contributed by atoms with Crippen LogP contribution in [0.2, 0.25) is 0 Å². The molecule has 0 saturated carbocycles. The minimum Gasteiger partial charge on any atom is -0.493 e. The first-order chi connectivity index (χ1) is 13.9. The minimum atomic E-state index is -0.164. The Labute approximate surface area is 171 Å². The molecule has 2 N–H and O–H groups in total. The summed E-state index contributed by atoms with van der Waals surface area (Å²) in [5.74, 6) is 2.28. The fourth-order valence-electron chi connectivity index (χ4n) is 3.46. The Balaban J connectivity index is 1.84. The maximum absolute atomic E-state index is 12.6. The van der Waals surface area contributed by atoms with Gasteiger partial charge in [0.25, 0.3) is 5.56 Å². The largest absolute Gasteiger partial charge is 0.493 e. The molecule has 0 aliphatic heterocycles. The van der Waals surface area contributed by atoms with Crippen LogP contribution in [0, 0.1) is 0 Å². The number of quaternary nitrogens is 1. The SMILES string of the molecule is CC[NH+](Cc1ccc(C(C)C)cc1)Cc1nc2cc(OC)c(OC)cc2c(=O)[nH]1. The van der Waals surface area contributed by atoms with Crippen LogP contribution in [0.15, 0.2) is 41.2 Å². The number of hydrogen-bond donors (Lipinski definition) is 2. The van der Waals surface area contributed by atoms with Gasteiger partial charge in [0, 0.05) is 11.6 Å². The van der Waals surface area contributed by atoms with Crippen LogP contribution in [0.5, 0.6) is 11.5 Å². The fraction of sp³-hybridized carbons (Fsp3) is 0.391. The molecular formula is C23H30N3O3+. The minimum absolute atomic E-state index is 0.164. The first-order valence-electron chi connectivity index (χ1n) is 10.0. The van der Waals surface area contributed by atoms with Crippen molar-refractivity contribution < 1.29 is 14.4 Å². The second-order valence-electron chi connectivity index (χ2n) is 7.59. The Bertz CT molecular complexity index is 1030. The van der Waals surface area contributed by atoms with Gasteiger partial charge in [-0.25, -0.2) is 4.98 Å². The lowest BCUT2D eigenvalue weighted by Gasteiger charge is -2.18. The molecule has 6 nitrogen and oxygen atoms in total. The third kappa shape index (κ3) is 4.77. The van der Waals surface area contributed by atoms with Crippen molar-refractivity contribution in [2.24, 2.45) is 0 Å². The number of methoxy groups -OCH3 is 2. The summed E-state index contributed by atoms with van der Waals surface area (Å²) >= 11 is 0. The molecule has 0 spiro atoms. The molecule has 1 atom stereocenters. The number of H-pyrrole nitrogens is 1. The Morgan fingerprint density at radius 2 is 1.69 bits per heavy atom. The number of hydrogen-bond acceptors (Lipinski definition) is 4. The molecule has 0 fully saturated rings. The molecule has 154 valence electrons. The van der Waals surface area contributed by atoms with E-state index in [4.69, 9.17) is 9.47 Å². The van der Waals surface area contributed by atoms with Crippen LogP contribution in [-0.2, 0) is 13.1 Å². The molecule has 0 bridgehead atoms. The number of rotatable bonds is 8. The molecule has 3 aromatic rings. The van der Waals surface area contributed by atoms with Crippen molar-refractivity contribution in [3.05, 3.63) is 63.7 Å². The predicted molar refractivity (Wildman–Crippen MR) is 115 cm³/mol. The highest BCUT2D eigenvalue weighted by Crippen LogP contribution is 2.29. The third-order valence-electron chi connectivity index (χ3n) is 5.28. The van der Waals surface area contributed by atoms with Crippen molar-refractivity contribution in [3.63, 3.8) is 0 Å². The summed E-state index contributed by atoms with van der Waals surface area (Å²) in [5.41, 5.74) is 3.07. The number of aromatic nitrogens is 2. The predicted octanol–water partition coefficient (Wildman–Crippen LogP) is 2.67. The summed E-state index contributed by atoms with van der Waals surface area (Å²) in [4.78, 5) is 21.5. The second kappa shape index (κ2) is 9.09. The molecule has 0 radical (unpaired) electrons. The van der Waals surface area contributed by atoms with Crippen LogP contribution in [0.25, 0.3) is 10.9 Å². The van der Waals surface area contributed by atoms with Crippen LogP contribution in [-0.4, -0.2) is 30.7 Å². The van der Waals surface area contributed by atoms with Gasteiger partial charge in [-0.3, -0.25) is 4.79 Å². The van der Waals surface area contributed by atoms with Gasteiger partial charge >= 0.3 is 0 Å². The van der Waals surface area contributed by atoms with Gasteiger partial charge in [0.15, 0.2) is 17.3 Å². The second-order valence-corrected chi connectivity index (χ2v) is 7.59. The van der Waals surface area contributed by atoms with Gasteiger partial charge in [-0.15, -0.1) is 0 Å². The Morgan fingerprint density at radius 3 is 2.28 bits per heavy atom. The Hall–Kier alpha value is -2.86. The van der Waals surface area contributed by atoms with Crippen molar-refractivity contribution in [1.29, 1.82) is 0 Å². The molecular weight excluding hydrogens is 366 g/mol. The molecule has 0 aliphatic carbocycles. The van der Waals surface area contributed by atoms with Crippen molar-refractivity contribution in [1.82, 2.24) is 9.97 Å². The summed E-state index contributed by atoms with van der Waals surface area (Å²) in [6.45, 7) is 8.99. The standard InChI is InChI=1S/C23H29N3O3/c1-6-26(13-16-7-9-17(10-8-16)15(2)3)14-22-24-19-12-21(29-5)20(28-4)11-18(19)23(27)25-22/h7-12,15H,6,13-14H2,1-5H3,(H,24,25,27)/p+1. The monoisotopic (exact) mass is 396 g/mol. The van der Waals surface area contributed by atoms with Crippen LogP contribution in [0.3, 0.4) is 0 Å². The normalized spacial score (nSPS) is 12.3. The lowest BCUT2D eigenvalue weighted by molar-refractivity contribution is -0.926. The fourth-order valence-corrected chi connectivity index (χ4v) is 3.46. The highest BCUT2D eigenvalue weighted by atomic mass is 16.5. The molecule has 0 saturated heterocycles. The number of ether oxygens (including phenoxy) is 2. The van der Waals surface area contributed by atoms with E-state index in [1.165, 1.54) is 16.0 Å². The lowest BCUT2D eigenvalue weighted by atomic mass is 10.0. The van der Waals surface area contributed by atoms with Crippen molar-refractivity contribution in [2.75, 3.05) is 20.8 Å². The van der Waals surface area contributed by atoms with Crippen molar-refractivity contribution in [2.45, 2.75) is 39.8 Å². The van der Waals surface area contributed by atoms with E-state index in [0.717, 1.165) is 13.1 Å². The van der Waals surface area contributed by atoms with Gasteiger partial charge in [-0.1, -0.05) is 38.1 Å². The molecule has 1 heterocycles. The topological polar surface area (TPSA) is 68.7 Å². The van der Waals surface area contributed by atoms with Crippen LogP contribution in [0.4, 0.5) is 0 Å². The lowest BCUT2D eigenvalue weighted by Crippen LogP contribution is -3.09. The highest BCUT2D eigenvalue weighted by molar-refractivity contribution is 5.81. The van der Waals surface area contributed by atoms with E-state index in [-0.39, 0.29) is 5.56 Å². The van der Waals surface area contributed by atoms with E-state index in [1.54, 1.807) is 26.4 Å². The van der Waals surface area contributed by atoms with Crippen molar-refractivity contribution >= 4 is 10.9 Å². The molecule has 29 heavy (non-hydrogen) atoms. The summed E-state index contributed by atoms with van der Waals surface area (Å²) in [5, 5.41) is 0.494. The van der Waals surface area contributed by atoms with E-state index in [2.05, 4.69) is 55.0 Å². The van der Waals surface area contributed by atoms with Crippen LogP contribution >= 0.6 is 0 Å². The smallest absolute Gasteiger partial charge is 0.259 e. The molecule has 6 heteroatoms. The van der Waals surface area contributed by atoms with Gasteiger partial charge < -0.3 is 19.4 Å². The highest BCUT2D eigenvalue weighted by Gasteiger charge is 2.15. The zero-order valence-corrected chi connectivity index (χ0v) is 17.8. The quantitative estimate of drug-likeness (QED) is 0.614. The number of nitrogens with one attached hydrogen (secondary N) is 2. The van der Waals surface area contributed by atoms with E-state index >= 15 is 0 Å². The first kappa shape index (κ1) is 20.9. The molecule has 0 amide bonds. The van der Waals surface area contributed by atoms with E-state index in [1.807, 2.05) is 0 Å². The number of benzene rings is 2. The van der Waals surface area contributed by atoms with Gasteiger partial charge in [-0.2, -0.15) is 0 Å². The van der Waals surface area contributed by atoms with E-state index in [9.17, 15) is 4.79 Å². The molecule has 1 aromatic heterocycles. The molecule has 3 rings (SSSR count). The maximum atomic E-state index is 12.6. The first-order valence-corrected chi connectivity index (χ1v) is 10.0. The van der Waals surface area contributed by atoms with E-state index in [0.29, 0.717) is 40.7 Å². The Morgan fingerprint density at radius 1 is 1.03 bits per heavy atom. The maximum Gasteiger partial charge on any atom is 0.259 e. The summed E-state index contributed by atoms with van der Waals surface area (Å²) in [6.07, 6.45) is 0. The van der Waals surface area contributed by atoms with Crippen molar-refractivity contribution in [3.8, 4) is 11.5 Å². The molecule has 2 aromatic carbocycles. The summed E-state index contributed by atoms with van der Waals surface area (Å²) in [6, 6.07) is 12.2. The summed E-state index contributed by atoms with van der Waals surface area (Å²) in [7, 11) is 3.13. The van der Waals surface area contributed by atoms with Gasteiger partial charge in [0.05, 0.1) is 31.7 Å². The van der Waals surface area contributed by atoms with Crippen LogP contribution in [0.1, 0.15) is 43.6 Å². The molecule has 0 aliphatic rings. The summed E-state index contributed by atoms with van der Waals surface area (Å²) < 4.78 is 10.6.